The van der Waals surface area contributed by atoms with Gasteiger partial charge in [-0.15, -0.1) is 0 Å². The molecule has 2 aliphatic carbocycles. The molecule has 6 amide bonds. The van der Waals surface area contributed by atoms with Gasteiger partial charge in [0.25, 0.3) is 23.6 Å². The smallest absolute Gasteiger partial charge is 0.314 e. The van der Waals surface area contributed by atoms with Crippen molar-refractivity contribution in [3.63, 3.8) is 0 Å². The van der Waals surface area contributed by atoms with Crippen molar-refractivity contribution in [3.8, 4) is 11.5 Å². The average molecular weight is 860 g/mol. The Balaban J connectivity index is 0.000000236. The van der Waals surface area contributed by atoms with Gasteiger partial charge in [0.1, 0.15) is 11.5 Å². The molecule has 14 nitrogen and oxygen atoms in total. The number of hydrogen-bond acceptors (Lipinski definition) is 8. The molecule has 0 radical (unpaired) electrons. The molecule has 0 unspecified atom stereocenters. The Bertz CT molecular complexity index is 1970. The van der Waals surface area contributed by atoms with E-state index in [0.717, 1.165) is 49.7 Å². The summed E-state index contributed by atoms with van der Waals surface area (Å²) in [7, 11) is 1.54. The van der Waals surface area contributed by atoms with Crippen LogP contribution in [0.2, 0.25) is 0 Å². The first-order chi connectivity index (χ1) is 29.2. The predicted octanol–water partition coefficient (Wildman–Crippen LogP) is 7.25. The molecule has 62 heavy (non-hydrogen) atoms. The first-order valence-electron chi connectivity index (χ1n) is 22.9. The summed E-state index contributed by atoms with van der Waals surface area (Å²) in [6, 6.07) is 7.78. The third-order valence-electron chi connectivity index (χ3n) is 12.6. The van der Waals surface area contributed by atoms with Gasteiger partial charge >= 0.3 is 6.03 Å². The molecule has 2 saturated carbocycles. The first kappa shape index (κ1) is 48.2. The van der Waals surface area contributed by atoms with Crippen LogP contribution in [0.25, 0.3) is 0 Å². The van der Waals surface area contributed by atoms with E-state index in [4.69, 9.17) is 15.2 Å². The number of urea groups is 1. The quantitative estimate of drug-likeness (QED) is 0.213. The van der Waals surface area contributed by atoms with Crippen LogP contribution in [-0.2, 0) is 9.59 Å². The molecule has 2 fully saturated rings. The van der Waals surface area contributed by atoms with Gasteiger partial charge in [0, 0.05) is 68.5 Å². The Morgan fingerprint density at radius 3 is 1.44 bits per heavy atom. The highest BCUT2D eigenvalue weighted by Gasteiger charge is 2.43. The maximum absolute atomic E-state index is 13.8. The maximum Gasteiger partial charge on any atom is 0.314 e. The Kier molecular flexibility index (Phi) is 15.6. The van der Waals surface area contributed by atoms with Crippen molar-refractivity contribution in [2.75, 3.05) is 43.0 Å². The van der Waals surface area contributed by atoms with Gasteiger partial charge in [0.05, 0.1) is 11.4 Å². The Morgan fingerprint density at radius 1 is 0.694 bits per heavy atom. The number of carbonyl (C=O) groups is 5. The number of nitrogens with one attached hydrogen (secondary N) is 2. The summed E-state index contributed by atoms with van der Waals surface area (Å²) in [4.78, 5) is 72.4. The molecule has 0 saturated heterocycles. The van der Waals surface area contributed by atoms with Crippen molar-refractivity contribution < 1.29 is 33.4 Å². The van der Waals surface area contributed by atoms with Gasteiger partial charge in [-0.1, -0.05) is 38.5 Å². The van der Waals surface area contributed by atoms with Crippen molar-refractivity contribution in [3.05, 3.63) is 46.5 Å². The van der Waals surface area contributed by atoms with Crippen LogP contribution in [0.5, 0.6) is 11.5 Å². The van der Waals surface area contributed by atoms with Gasteiger partial charge in [-0.3, -0.25) is 19.2 Å². The highest BCUT2D eigenvalue weighted by molar-refractivity contribution is 6.06. The lowest BCUT2D eigenvalue weighted by atomic mass is 9.92. The second kappa shape index (κ2) is 20.1. The molecule has 2 heterocycles. The Hall–Kier alpha value is -4.85. The minimum absolute atomic E-state index is 0.00193. The van der Waals surface area contributed by atoms with Crippen molar-refractivity contribution in [2.45, 2.75) is 169 Å². The molecule has 6 rings (SSSR count). The van der Waals surface area contributed by atoms with E-state index in [-0.39, 0.29) is 66.9 Å². The Morgan fingerprint density at radius 2 is 1.08 bits per heavy atom. The summed E-state index contributed by atoms with van der Waals surface area (Å²) in [5.41, 5.74) is 7.92. The van der Waals surface area contributed by atoms with Crippen LogP contribution in [0.4, 0.5) is 16.2 Å². The van der Waals surface area contributed by atoms with Crippen LogP contribution in [0.3, 0.4) is 0 Å². The van der Waals surface area contributed by atoms with Crippen LogP contribution in [0.15, 0.2) is 24.3 Å². The third kappa shape index (κ3) is 10.5. The molecule has 2 aliphatic heterocycles. The molecule has 0 spiro atoms. The maximum atomic E-state index is 13.8. The van der Waals surface area contributed by atoms with Gasteiger partial charge < -0.3 is 45.4 Å². The molecule has 342 valence electrons. The molecule has 4 aliphatic rings. The van der Waals surface area contributed by atoms with Crippen molar-refractivity contribution >= 4 is 41.0 Å². The van der Waals surface area contributed by atoms with Crippen LogP contribution in [0.1, 0.15) is 151 Å². The SMILES string of the molecule is CNC(=O)NCCN1C(=O)C(C)(C)Oc2cc(C)c(C(=O)N(C(C)C)C3CCCCC3)cc21.Cc1cc2c(cc1C(=O)N(C(C)C)C1CCCCC1)N(CCN)C(=O)C(C)(C)O2. The molecule has 0 aromatic heterocycles. The highest BCUT2D eigenvalue weighted by Crippen LogP contribution is 2.42. The highest BCUT2D eigenvalue weighted by atomic mass is 16.5. The second-order valence-corrected chi connectivity index (χ2v) is 18.9. The fourth-order valence-electron chi connectivity index (χ4n) is 9.48. The molecule has 2 aromatic carbocycles. The average Bonchev–Trinajstić information content (AvgIpc) is 3.21. The normalized spacial score (nSPS) is 18.5. The number of amides is 6. The van der Waals surface area contributed by atoms with E-state index in [9.17, 15) is 24.0 Å². The van der Waals surface area contributed by atoms with Gasteiger partial charge in [-0.2, -0.15) is 0 Å². The number of nitrogens with zero attached hydrogens (tertiary/aromatic N) is 4. The third-order valence-corrected chi connectivity index (χ3v) is 12.6. The number of carbonyl (C=O) groups excluding carboxylic acids is 5. The number of fused-ring (bicyclic) bond motifs is 2. The van der Waals surface area contributed by atoms with E-state index >= 15 is 0 Å². The topological polar surface area (TPSA) is 167 Å². The number of hydrogen-bond donors (Lipinski definition) is 3. The molecule has 4 N–H and O–H groups in total. The summed E-state index contributed by atoms with van der Waals surface area (Å²) < 4.78 is 12.0. The molecular formula is C48H73N7O7. The largest absolute Gasteiger partial charge is 0.476 e. The van der Waals surface area contributed by atoms with Crippen LogP contribution in [-0.4, -0.2) is 108 Å². The van der Waals surface area contributed by atoms with E-state index < -0.39 is 11.2 Å². The summed E-state index contributed by atoms with van der Waals surface area (Å²) >= 11 is 0. The van der Waals surface area contributed by atoms with E-state index in [1.165, 1.54) is 25.7 Å². The van der Waals surface area contributed by atoms with E-state index in [0.29, 0.717) is 47.1 Å². The summed E-state index contributed by atoms with van der Waals surface area (Å²) in [5.74, 6) is 0.901. The van der Waals surface area contributed by atoms with Crippen LogP contribution >= 0.6 is 0 Å². The fourth-order valence-corrected chi connectivity index (χ4v) is 9.48. The number of nitrogens with two attached hydrogens (primary N) is 1. The number of aryl methyl sites for hydroxylation is 2. The standard InChI is InChI=1S/C25H38N4O4.C23H35N3O3/c1-16(2)29(18-10-8-7-9-11-18)22(30)19-15-20-21(14-17(19)3)33-25(4,5)23(31)28(20)13-12-27-24(32)26-6;1-15(2)26(17-9-7-6-8-10-17)21(27)18-14-19-20(13-16(18)3)29-23(4,5)22(28)25(19)12-11-24/h14-16,18H,7-13H2,1-6H3,(H2,26,27,32);13-15,17H,6-12,24H2,1-5H3. The minimum atomic E-state index is -1.04. The summed E-state index contributed by atoms with van der Waals surface area (Å²) in [6.45, 7) is 20.4. The van der Waals surface area contributed by atoms with E-state index in [2.05, 4.69) is 38.3 Å². The fraction of sp³-hybridized carbons (Fsp3) is 0.646. The molecule has 0 atom stereocenters. The van der Waals surface area contributed by atoms with E-state index in [1.807, 2.05) is 41.8 Å². The van der Waals surface area contributed by atoms with Gasteiger partial charge in [0.15, 0.2) is 11.2 Å². The van der Waals surface area contributed by atoms with Crippen molar-refractivity contribution in [1.29, 1.82) is 0 Å². The summed E-state index contributed by atoms with van der Waals surface area (Å²) in [5, 5.41) is 5.23. The summed E-state index contributed by atoms with van der Waals surface area (Å²) in [6.07, 6.45) is 11.3. The van der Waals surface area contributed by atoms with Gasteiger partial charge in [-0.05, 0) is 130 Å². The lowest BCUT2D eigenvalue weighted by molar-refractivity contribution is -0.133. The number of benzene rings is 2. The molecule has 2 aromatic rings. The monoisotopic (exact) mass is 860 g/mol. The van der Waals surface area contributed by atoms with Gasteiger partial charge in [0.2, 0.25) is 0 Å². The zero-order chi connectivity index (χ0) is 45.7. The number of rotatable bonds is 11. The van der Waals surface area contributed by atoms with Crippen LogP contribution in [0, 0.1) is 13.8 Å². The van der Waals surface area contributed by atoms with Crippen LogP contribution < -0.4 is 35.6 Å². The lowest BCUT2D eigenvalue weighted by Gasteiger charge is -2.40. The lowest BCUT2D eigenvalue weighted by Crippen LogP contribution is -2.54. The minimum Gasteiger partial charge on any atom is -0.476 e. The molecule has 14 heteroatoms. The predicted molar refractivity (Wildman–Crippen MR) is 244 cm³/mol. The van der Waals surface area contributed by atoms with E-state index in [1.54, 1.807) is 50.6 Å². The molecular weight excluding hydrogens is 787 g/mol. The number of ether oxygens (including phenoxy) is 2. The number of anilines is 2. The van der Waals surface area contributed by atoms with Gasteiger partial charge in [-0.25, -0.2) is 4.79 Å². The Labute approximate surface area is 369 Å². The van der Waals surface area contributed by atoms with Crippen molar-refractivity contribution in [2.24, 2.45) is 5.73 Å². The first-order valence-corrected chi connectivity index (χ1v) is 22.9. The molecule has 0 bridgehead atoms. The van der Waals surface area contributed by atoms with Crippen molar-refractivity contribution in [1.82, 2.24) is 20.4 Å². The zero-order valence-electron chi connectivity index (χ0n) is 39.2. The zero-order valence-corrected chi connectivity index (χ0v) is 39.2. The second-order valence-electron chi connectivity index (χ2n) is 18.9.